The van der Waals surface area contributed by atoms with Crippen molar-refractivity contribution in [1.82, 2.24) is 14.9 Å². The van der Waals surface area contributed by atoms with Gasteiger partial charge in [-0.2, -0.15) is 0 Å². The predicted octanol–water partition coefficient (Wildman–Crippen LogP) is 6.44. The molecular weight excluding hydrogens is 481 g/mol. The van der Waals surface area contributed by atoms with E-state index in [1.807, 2.05) is 55.5 Å². The highest BCUT2D eigenvalue weighted by Gasteiger charge is 2.13. The Hall–Kier alpha value is -4.13. The van der Waals surface area contributed by atoms with Crippen LogP contribution in [0.5, 0.6) is 11.5 Å². The van der Waals surface area contributed by atoms with E-state index in [0.29, 0.717) is 26.0 Å². The number of nitrogens with one attached hydrogen (secondary N) is 1. The van der Waals surface area contributed by atoms with Crippen molar-refractivity contribution >= 4 is 23.0 Å². The molecule has 0 atom stereocenters. The fraction of sp³-hybridized carbons (Fsp3) is 0.290. The fourth-order valence-corrected chi connectivity index (χ4v) is 4.41. The van der Waals surface area contributed by atoms with Gasteiger partial charge in [0.25, 0.3) is 5.91 Å². The van der Waals surface area contributed by atoms with E-state index in [4.69, 9.17) is 14.5 Å². The summed E-state index contributed by atoms with van der Waals surface area (Å²) in [4.78, 5) is 17.1. The number of para-hydroxylation sites is 2. The van der Waals surface area contributed by atoms with Gasteiger partial charge in [0, 0.05) is 19.5 Å². The Morgan fingerprint density at radius 1 is 1.03 bits per heavy atom. The number of carbonyl (C=O) groups is 1. The molecule has 4 aromatic rings. The lowest BCUT2D eigenvalue weighted by atomic mass is 10.2. The van der Waals surface area contributed by atoms with E-state index in [2.05, 4.69) is 16.0 Å². The molecule has 1 heterocycles. The van der Waals surface area contributed by atoms with Crippen LogP contribution in [0, 0.1) is 5.82 Å². The average molecular weight is 516 g/mol. The van der Waals surface area contributed by atoms with Crippen LogP contribution < -0.4 is 14.8 Å². The van der Waals surface area contributed by atoms with Gasteiger partial charge in [0.05, 0.1) is 30.3 Å². The number of fused-ring (bicyclic) bond motifs is 1. The van der Waals surface area contributed by atoms with E-state index < -0.39 is 11.7 Å². The number of ether oxygens (including phenoxy) is 2. The number of halogens is 1. The maximum Gasteiger partial charge on any atom is 0.254 e. The molecule has 0 aliphatic rings. The van der Waals surface area contributed by atoms with Crippen molar-refractivity contribution in [3.63, 3.8) is 0 Å². The van der Waals surface area contributed by atoms with Crippen molar-refractivity contribution in [2.45, 2.75) is 39.2 Å². The second kappa shape index (κ2) is 13.4. The summed E-state index contributed by atoms with van der Waals surface area (Å²) in [5.41, 5.74) is 3.19. The third-order valence-corrected chi connectivity index (χ3v) is 6.30. The lowest BCUT2D eigenvalue weighted by Gasteiger charge is -2.12. The molecule has 0 aliphatic carbocycles. The Kier molecular flexibility index (Phi) is 9.51. The number of imidazole rings is 1. The second-order valence-electron chi connectivity index (χ2n) is 8.97. The number of unbranched alkanes of at least 4 members (excludes halogenated alkanes) is 1. The van der Waals surface area contributed by atoms with Crippen LogP contribution in [0.1, 0.15) is 47.9 Å². The molecule has 38 heavy (non-hydrogen) atoms. The van der Waals surface area contributed by atoms with Crippen LogP contribution in [0.2, 0.25) is 0 Å². The monoisotopic (exact) mass is 515 g/mol. The van der Waals surface area contributed by atoms with E-state index >= 15 is 0 Å². The normalized spacial score (nSPS) is 11.2. The van der Waals surface area contributed by atoms with E-state index in [-0.39, 0.29) is 5.56 Å². The number of nitrogens with zero attached hydrogens (tertiary/aromatic N) is 2. The summed E-state index contributed by atoms with van der Waals surface area (Å²) >= 11 is 0. The van der Waals surface area contributed by atoms with Crippen molar-refractivity contribution in [3.8, 4) is 11.5 Å². The summed E-state index contributed by atoms with van der Waals surface area (Å²) in [6.45, 7) is 3.83. The van der Waals surface area contributed by atoms with E-state index in [0.717, 1.165) is 53.3 Å². The summed E-state index contributed by atoms with van der Waals surface area (Å²) in [5, 5.41) is 2.81. The Labute approximate surface area is 223 Å². The highest BCUT2D eigenvalue weighted by molar-refractivity contribution is 5.94. The molecule has 1 aromatic heterocycles. The number of benzene rings is 3. The lowest BCUT2D eigenvalue weighted by Crippen LogP contribution is -2.25. The molecule has 6 nitrogen and oxygen atoms in total. The topological polar surface area (TPSA) is 65.4 Å². The molecule has 0 unspecified atom stereocenters. The highest BCUT2D eigenvalue weighted by atomic mass is 19.1. The van der Waals surface area contributed by atoms with Crippen LogP contribution in [0.15, 0.2) is 72.8 Å². The predicted molar refractivity (Wildman–Crippen MR) is 149 cm³/mol. The minimum atomic E-state index is -0.514. The molecule has 0 spiro atoms. The first-order chi connectivity index (χ1) is 18.6. The van der Waals surface area contributed by atoms with Crippen molar-refractivity contribution in [2.75, 3.05) is 20.3 Å². The zero-order valence-corrected chi connectivity index (χ0v) is 22.0. The number of hydrogen-bond donors (Lipinski definition) is 1. The molecular formula is C31H34FN3O3. The highest BCUT2D eigenvalue weighted by Crippen LogP contribution is 2.29. The van der Waals surface area contributed by atoms with Gasteiger partial charge in [-0.15, -0.1) is 0 Å². The van der Waals surface area contributed by atoms with Crippen LogP contribution in [0.4, 0.5) is 4.39 Å². The molecule has 3 aromatic carbocycles. The quantitative estimate of drug-likeness (QED) is 0.208. The third-order valence-electron chi connectivity index (χ3n) is 6.30. The number of methoxy groups -OCH3 is 1. The van der Waals surface area contributed by atoms with E-state index in [1.54, 1.807) is 19.2 Å². The molecule has 0 aliphatic heterocycles. The van der Waals surface area contributed by atoms with Gasteiger partial charge in [-0.3, -0.25) is 4.79 Å². The summed E-state index contributed by atoms with van der Waals surface area (Å²) < 4.78 is 27.6. The van der Waals surface area contributed by atoms with Crippen LogP contribution in [0.3, 0.4) is 0 Å². The Morgan fingerprint density at radius 2 is 1.84 bits per heavy atom. The maximum absolute atomic E-state index is 13.8. The molecule has 0 bridgehead atoms. The number of aromatic nitrogens is 2. The number of hydrogen-bond acceptors (Lipinski definition) is 4. The second-order valence-corrected chi connectivity index (χ2v) is 8.97. The number of aryl methyl sites for hydroxylation is 2. The van der Waals surface area contributed by atoms with Gasteiger partial charge in [0.1, 0.15) is 11.6 Å². The van der Waals surface area contributed by atoms with Gasteiger partial charge < -0.3 is 19.4 Å². The Balaban J connectivity index is 1.30. The third kappa shape index (κ3) is 6.79. The number of carbonyl (C=O) groups excluding carboxylic acids is 1. The number of amides is 1. The summed E-state index contributed by atoms with van der Waals surface area (Å²) in [6, 6.07) is 20.0. The Bertz CT molecular complexity index is 1400. The first-order valence-corrected chi connectivity index (χ1v) is 13.0. The smallest absolute Gasteiger partial charge is 0.254 e. The summed E-state index contributed by atoms with van der Waals surface area (Å²) in [7, 11) is 1.65. The molecule has 1 amide bonds. The average Bonchev–Trinajstić information content (AvgIpc) is 3.29. The zero-order chi connectivity index (χ0) is 26.7. The van der Waals surface area contributed by atoms with Crippen LogP contribution in [0.25, 0.3) is 17.1 Å². The van der Waals surface area contributed by atoms with Crippen LogP contribution >= 0.6 is 0 Å². The molecule has 7 heteroatoms. The van der Waals surface area contributed by atoms with Gasteiger partial charge in [0.15, 0.2) is 11.5 Å². The molecule has 198 valence electrons. The minimum absolute atomic E-state index is 0.0633. The minimum Gasteiger partial charge on any atom is -0.493 e. The SMILES string of the molecule is C/C=C/c1ccc(OCCCCn2c(CCCNC(=O)c3ccccc3F)nc3ccccc32)c(OC)c1. The van der Waals surface area contributed by atoms with Crippen molar-refractivity contribution in [1.29, 1.82) is 0 Å². The Morgan fingerprint density at radius 3 is 2.66 bits per heavy atom. The maximum atomic E-state index is 13.8. The molecule has 0 fully saturated rings. The van der Waals surface area contributed by atoms with Gasteiger partial charge in [-0.05, 0) is 68.1 Å². The fourth-order valence-electron chi connectivity index (χ4n) is 4.41. The summed E-state index contributed by atoms with van der Waals surface area (Å²) in [5.74, 6) is 1.54. The van der Waals surface area contributed by atoms with Gasteiger partial charge in [-0.25, -0.2) is 9.37 Å². The van der Waals surface area contributed by atoms with Crippen molar-refractivity contribution in [2.24, 2.45) is 0 Å². The first kappa shape index (κ1) is 26.9. The number of rotatable bonds is 13. The van der Waals surface area contributed by atoms with Gasteiger partial charge in [0.2, 0.25) is 0 Å². The van der Waals surface area contributed by atoms with E-state index in [9.17, 15) is 9.18 Å². The molecule has 0 saturated heterocycles. The van der Waals surface area contributed by atoms with Gasteiger partial charge in [-0.1, -0.05) is 42.5 Å². The lowest BCUT2D eigenvalue weighted by molar-refractivity contribution is 0.0949. The molecule has 1 N–H and O–H groups in total. The van der Waals surface area contributed by atoms with Gasteiger partial charge >= 0.3 is 0 Å². The zero-order valence-electron chi connectivity index (χ0n) is 22.0. The van der Waals surface area contributed by atoms with Crippen molar-refractivity contribution < 1.29 is 18.7 Å². The summed E-state index contributed by atoms with van der Waals surface area (Å²) in [6.07, 6.45) is 7.23. The van der Waals surface area contributed by atoms with Crippen molar-refractivity contribution in [3.05, 3.63) is 95.6 Å². The van der Waals surface area contributed by atoms with Crippen LogP contribution in [-0.4, -0.2) is 35.7 Å². The standard InChI is InChI=1S/C31H34FN3O3/c1-3-11-23-17-18-28(29(22-23)37-2)38-21-9-8-20-35-27-15-7-6-14-26(27)34-30(35)16-10-19-33-31(36)24-12-4-5-13-25(24)32/h3-7,11-15,17-18,22H,8-10,16,19-21H2,1-2H3,(H,33,36)/b11-3+. The first-order valence-electron chi connectivity index (χ1n) is 13.0. The van der Waals surface area contributed by atoms with Crippen LogP contribution in [-0.2, 0) is 13.0 Å². The molecule has 4 rings (SSSR count). The largest absolute Gasteiger partial charge is 0.493 e. The van der Waals surface area contributed by atoms with E-state index in [1.165, 1.54) is 12.1 Å². The number of allylic oxidation sites excluding steroid dienone is 1. The molecule has 0 saturated carbocycles. The molecule has 0 radical (unpaired) electrons.